The summed E-state index contributed by atoms with van der Waals surface area (Å²) in [6.45, 7) is 3.92. The fourth-order valence-corrected chi connectivity index (χ4v) is 2.91. The van der Waals surface area contributed by atoms with Gasteiger partial charge in [0, 0.05) is 23.7 Å². The molecule has 1 aromatic rings. The van der Waals surface area contributed by atoms with Crippen LogP contribution in [0.1, 0.15) is 35.9 Å². The van der Waals surface area contributed by atoms with E-state index in [-0.39, 0.29) is 17.6 Å². The van der Waals surface area contributed by atoms with Crippen LogP contribution in [0.5, 0.6) is 0 Å². The van der Waals surface area contributed by atoms with Crippen molar-refractivity contribution in [1.82, 2.24) is 15.3 Å². The average Bonchev–Trinajstić information content (AvgIpc) is 2.68. The molecule has 0 saturated carbocycles. The molecule has 6 nitrogen and oxygen atoms in total. The fraction of sp³-hybridized carbons (Fsp3) is 0.417. The van der Waals surface area contributed by atoms with Crippen LogP contribution < -0.4 is 5.32 Å². The highest BCUT2D eigenvalue weighted by molar-refractivity contribution is 7.94. The predicted molar refractivity (Wildman–Crippen MR) is 70.3 cm³/mol. The Labute approximate surface area is 111 Å². The zero-order chi connectivity index (χ0) is 14.0. The van der Waals surface area contributed by atoms with Gasteiger partial charge < -0.3 is 5.32 Å². The van der Waals surface area contributed by atoms with E-state index in [4.69, 9.17) is 0 Å². The Balaban J connectivity index is 2.03. The summed E-state index contributed by atoms with van der Waals surface area (Å²) in [4.78, 5) is 20.1. The van der Waals surface area contributed by atoms with Gasteiger partial charge in [0.1, 0.15) is 5.82 Å². The maximum Gasteiger partial charge on any atom is 0.254 e. The number of hydrogen-bond donors (Lipinski definition) is 1. The summed E-state index contributed by atoms with van der Waals surface area (Å²) in [5.41, 5.74) is 0.321. The van der Waals surface area contributed by atoms with Crippen LogP contribution in [0.3, 0.4) is 0 Å². The summed E-state index contributed by atoms with van der Waals surface area (Å²) in [6, 6.07) is -0.484. The van der Waals surface area contributed by atoms with Crippen LogP contribution in [-0.4, -0.2) is 36.1 Å². The molecule has 1 N–H and O–H groups in total. The second kappa shape index (κ2) is 5.08. The van der Waals surface area contributed by atoms with E-state index in [0.717, 1.165) is 5.41 Å². The molecule has 1 aliphatic rings. The Hall–Kier alpha value is -1.76. The minimum atomic E-state index is -3.17. The Bertz CT molecular complexity index is 606. The van der Waals surface area contributed by atoms with Gasteiger partial charge in [-0.3, -0.25) is 4.79 Å². The van der Waals surface area contributed by atoms with Gasteiger partial charge in [-0.05, 0) is 6.08 Å². The van der Waals surface area contributed by atoms with E-state index in [2.05, 4.69) is 15.3 Å². The lowest BCUT2D eigenvalue weighted by atomic mass is 10.2. The van der Waals surface area contributed by atoms with E-state index < -0.39 is 15.9 Å². The van der Waals surface area contributed by atoms with Crippen LogP contribution in [0.25, 0.3) is 0 Å². The first-order valence-electron chi connectivity index (χ1n) is 5.91. The fourth-order valence-electron chi connectivity index (χ4n) is 1.67. The lowest BCUT2D eigenvalue weighted by Gasteiger charge is -2.10. The smallest absolute Gasteiger partial charge is 0.254 e. The molecule has 0 bridgehead atoms. The normalized spacial score (nSPS) is 20.7. The predicted octanol–water partition coefficient (Wildman–Crippen LogP) is 0.641. The first-order chi connectivity index (χ1) is 8.87. The molecule has 1 aromatic heterocycles. The summed E-state index contributed by atoms with van der Waals surface area (Å²) in [6.07, 6.45) is 4.37. The van der Waals surface area contributed by atoms with Gasteiger partial charge in [0.2, 0.25) is 0 Å². The number of nitrogens with one attached hydrogen (secondary N) is 1. The SMILES string of the molecule is CC(C)c1ncc(C(=O)N[C@@H]2C=CS(=O)(=O)C2)cn1. The Morgan fingerprint density at radius 3 is 2.47 bits per heavy atom. The van der Waals surface area contributed by atoms with Gasteiger partial charge in [-0.2, -0.15) is 0 Å². The molecule has 1 aliphatic heterocycles. The van der Waals surface area contributed by atoms with Crippen molar-refractivity contribution in [2.45, 2.75) is 25.8 Å². The van der Waals surface area contributed by atoms with E-state index in [1.54, 1.807) is 0 Å². The van der Waals surface area contributed by atoms with Crippen molar-refractivity contribution in [3.05, 3.63) is 35.3 Å². The molecule has 0 saturated heterocycles. The summed E-state index contributed by atoms with van der Waals surface area (Å²) in [5, 5.41) is 3.74. The van der Waals surface area contributed by atoms with Crippen molar-refractivity contribution >= 4 is 15.7 Å². The number of sulfone groups is 1. The summed E-state index contributed by atoms with van der Waals surface area (Å²) in [5.74, 6) is 0.394. The van der Waals surface area contributed by atoms with E-state index in [9.17, 15) is 13.2 Å². The van der Waals surface area contributed by atoms with Crippen LogP contribution in [0.2, 0.25) is 0 Å². The average molecular weight is 281 g/mol. The van der Waals surface area contributed by atoms with Gasteiger partial charge in [0.15, 0.2) is 9.84 Å². The van der Waals surface area contributed by atoms with Gasteiger partial charge in [-0.15, -0.1) is 0 Å². The number of aromatic nitrogens is 2. The van der Waals surface area contributed by atoms with Crippen LogP contribution >= 0.6 is 0 Å². The van der Waals surface area contributed by atoms with Gasteiger partial charge in [0.25, 0.3) is 5.91 Å². The Morgan fingerprint density at radius 1 is 1.37 bits per heavy atom. The maximum absolute atomic E-state index is 11.9. The third kappa shape index (κ3) is 3.37. The van der Waals surface area contributed by atoms with Crippen LogP contribution in [-0.2, 0) is 9.84 Å². The largest absolute Gasteiger partial charge is 0.345 e. The molecule has 0 spiro atoms. The minimum absolute atomic E-state index is 0.0936. The second-order valence-electron chi connectivity index (χ2n) is 4.72. The molecule has 102 valence electrons. The van der Waals surface area contributed by atoms with Gasteiger partial charge >= 0.3 is 0 Å². The van der Waals surface area contributed by atoms with Gasteiger partial charge in [-0.25, -0.2) is 18.4 Å². The summed E-state index contributed by atoms with van der Waals surface area (Å²) < 4.78 is 22.4. The van der Waals surface area contributed by atoms with Crippen molar-refractivity contribution in [3.8, 4) is 0 Å². The Kier molecular flexibility index (Phi) is 3.66. The number of rotatable bonds is 3. The molecule has 1 amide bonds. The van der Waals surface area contributed by atoms with E-state index in [0.29, 0.717) is 11.4 Å². The minimum Gasteiger partial charge on any atom is -0.345 e. The monoisotopic (exact) mass is 281 g/mol. The molecular formula is C12H15N3O3S. The highest BCUT2D eigenvalue weighted by atomic mass is 32.2. The first-order valence-corrected chi connectivity index (χ1v) is 7.63. The topological polar surface area (TPSA) is 89.0 Å². The van der Waals surface area contributed by atoms with E-state index >= 15 is 0 Å². The molecule has 0 fully saturated rings. The number of nitrogens with zero attached hydrogens (tertiary/aromatic N) is 2. The van der Waals surface area contributed by atoms with Crippen molar-refractivity contribution < 1.29 is 13.2 Å². The van der Waals surface area contributed by atoms with E-state index in [1.165, 1.54) is 18.5 Å². The van der Waals surface area contributed by atoms with Crippen molar-refractivity contribution in [1.29, 1.82) is 0 Å². The lowest BCUT2D eigenvalue weighted by Crippen LogP contribution is -2.35. The van der Waals surface area contributed by atoms with E-state index in [1.807, 2.05) is 13.8 Å². The Morgan fingerprint density at radius 2 is 2.00 bits per heavy atom. The third-order valence-electron chi connectivity index (χ3n) is 2.70. The zero-order valence-electron chi connectivity index (χ0n) is 10.7. The highest BCUT2D eigenvalue weighted by Gasteiger charge is 2.23. The summed E-state index contributed by atoms with van der Waals surface area (Å²) >= 11 is 0. The molecule has 7 heteroatoms. The summed E-state index contributed by atoms with van der Waals surface area (Å²) in [7, 11) is -3.17. The maximum atomic E-state index is 11.9. The number of carbonyl (C=O) groups is 1. The van der Waals surface area contributed by atoms with Crippen LogP contribution in [0, 0.1) is 0 Å². The zero-order valence-corrected chi connectivity index (χ0v) is 11.5. The van der Waals surface area contributed by atoms with Crippen LogP contribution in [0.15, 0.2) is 23.9 Å². The molecule has 0 unspecified atom stereocenters. The molecule has 2 rings (SSSR count). The lowest BCUT2D eigenvalue weighted by molar-refractivity contribution is 0.0947. The molecule has 0 aromatic carbocycles. The second-order valence-corrected chi connectivity index (χ2v) is 6.65. The molecular weight excluding hydrogens is 266 g/mol. The van der Waals surface area contributed by atoms with Crippen molar-refractivity contribution in [2.75, 3.05) is 5.75 Å². The quantitative estimate of drug-likeness (QED) is 0.878. The third-order valence-corrected chi connectivity index (χ3v) is 4.09. The van der Waals surface area contributed by atoms with Crippen molar-refractivity contribution in [2.24, 2.45) is 0 Å². The molecule has 2 heterocycles. The van der Waals surface area contributed by atoms with Gasteiger partial charge in [-0.1, -0.05) is 13.8 Å². The number of hydrogen-bond acceptors (Lipinski definition) is 5. The first kappa shape index (κ1) is 13.7. The van der Waals surface area contributed by atoms with Crippen molar-refractivity contribution in [3.63, 3.8) is 0 Å². The number of carbonyl (C=O) groups excluding carboxylic acids is 1. The molecule has 0 aliphatic carbocycles. The van der Waals surface area contributed by atoms with Gasteiger partial charge in [0.05, 0.1) is 17.4 Å². The number of amides is 1. The molecule has 19 heavy (non-hydrogen) atoms. The highest BCUT2D eigenvalue weighted by Crippen LogP contribution is 2.10. The molecule has 0 radical (unpaired) electrons. The van der Waals surface area contributed by atoms with Crippen LogP contribution in [0.4, 0.5) is 0 Å². The molecule has 1 atom stereocenters. The standard InChI is InChI=1S/C12H15N3O3S/c1-8(2)11-13-5-9(6-14-11)12(16)15-10-3-4-19(17,18)7-10/h3-6,8,10H,7H2,1-2H3,(H,15,16)/t10-/m1/s1.